The second-order valence-electron chi connectivity index (χ2n) is 5.30. The molecule has 1 heterocycles. The lowest BCUT2D eigenvalue weighted by Crippen LogP contribution is -2.40. The molecule has 20 heavy (non-hydrogen) atoms. The highest BCUT2D eigenvalue weighted by molar-refractivity contribution is 6.02. The van der Waals surface area contributed by atoms with Gasteiger partial charge in [-0.25, -0.2) is 0 Å². The van der Waals surface area contributed by atoms with Crippen molar-refractivity contribution in [1.29, 1.82) is 0 Å². The molecule has 110 valence electrons. The highest BCUT2D eigenvalue weighted by Gasteiger charge is 2.34. The molecule has 3 amide bonds. The SMILES string of the molecule is O=C(O)CC(NC(=O)CCN1C(=O)CCC1=O)C1CC1. The van der Waals surface area contributed by atoms with Crippen LogP contribution in [0.3, 0.4) is 0 Å². The lowest BCUT2D eigenvalue weighted by atomic mass is 10.1. The Kier molecular flexibility index (Phi) is 4.36. The Hall–Kier alpha value is -1.92. The summed E-state index contributed by atoms with van der Waals surface area (Å²) in [6.45, 7) is 0.0773. The fraction of sp³-hybridized carbons (Fsp3) is 0.692. The summed E-state index contributed by atoms with van der Waals surface area (Å²) in [4.78, 5) is 46.4. The molecule has 1 saturated heterocycles. The molecule has 0 bridgehead atoms. The predicted molar refractivity (Wildman–Crippen MR) is 67.5 cm³/mol. The van der Waals surface area contributed by atoms with E-state index in [1.165, 1.54) is 0 Å². The molecule has 7 heteroatoms. The van der Waals surface area contributed by atoms with E-state index < -0.39 is 5.97 Å². The summed E-state index contributed by atoms with van der Waals surface area (Å²) in [6, 6.07) is -0.343. The first-order valence-corrected chi connectivity index (χ1v) is 6.81. The number of hydrogen-bond donors (Lipinski definition) is 2. The van der Waals surface area contributed by atoms with Crippen LogP contribution in [-0.4, -0.2) is 46.3 Å². The van der Waals surface area contributed by atoms with E-state index in [0.717, 1.165) is 17.7 Å². The summed E-state index contributed by atoms with van der Waals surface area (Å²) in [5.74, 6) is -1.49. The highest BCUT2D eigenvalue weighted by Crippen LogP contribution is 2.34. The molecule has 1 atom stereocenters. The van der Waals surface area contributed by atoms with Gasteiger partial charge in [-0.3, -0.25) is 24.1 Å². The van der Waals surface area contributed by atoms with Gasteiger partial charge in [0, 0.05) is 31.8 Å². The number of carboxylic acids is 1. The third-order valence-corrected chi connectivity index (χ3v) is 3.65. The molecular weight excluding hydrogens is 264 g/mol. The second-order valence-corrected chi connectivity index (χ2v) is 5.30. The van der Waals surface area contributed by atoms with Gasteiger partial charge in [0.25, 0.3) is 0 Å². The second kappa shape index (κ2) is 6.02. The van der Waals surface area contributed by atoms with E-state index in [-0.39, 0.29) is 61.9 Å². The zero-order chi connectivity index (χ0) is 14.7. The van der Waals surface area contributed by atoms with Gasteiger partial charge in [-0.1, -0.05) is 0 Å². The molecule has 1 unspecified atom stereocenters. The molecule has 2 rings (SSSR count). The van der Waals surface area contributed by atoms with Crippen molar-refractivity contribution < 1.29 is 24.3 Å². The van der Waals surface area contributed by atoms with E-state index >= 15 is 0 Å². The van der Waals surface area contributed by atoms with Crippen molar-refractivity contribution in [3.63, 3.8) is 0 Å². The van der Waals surface area contributed by atoms with E-state index in [4.69, 9.17) is 5.11 Å². The van der Waals surface area contributed by atoms with Crippen LogP contribution in [0.25, 0.3) is 0 Å². The standard InChI is InChI=1S/C13H18N2O5/c16-10(5-6-15-11(17)3-4-12(15)18)14-9(7-13(19)20)8-1-2-8/h8-9H,1-7H2,(H,14,16)(H,19,20). The van der Waals surface area contributed by atoms with Crippen LogP contribution in [0.1, 0.15) is 38.5 Å². The monoisotopic (exact) mass is 282 g/mol. The minimum absolute atomic E-state index is 0.0281. The van der Waals surface area contributed by atoms with Crippen molar-refractivity contribution in [3.05, 3.63) is 0 Å². The first-order valence-electron chi connectivity index (χ1n) is 6.81. The number of hydrogen-bond acceptors (Lipinski definition) is 4. The molecule has 1 saturated carbocycles. The van der Waals surface area contributed by atoms with Crippen molar-refractivity contribution in [2.45, 2.75) is 44.6 Å². The minimum atomic E-state index is -0.938. The minimum Gasteiger partial charge on any atom is -0.481 e. The van der Waals surface area contributed by atoms with Crippen LogP contribution in [0.15, 0.2) is 0 Å². The lowest BCUT2D eigenvalue weighted by molar-refractivity contribution is -0.139. The lowest BCUT2D eigenvalue weighted by Gasteiger charge is -2.18. The summed E-state index contributed by atoms with van der Waals surface area (Å²) >= 11 is 0. The van der Waals surface area contributed by atoms with Crippen LogP contribution in [0.4, 0.5) is 0 Å². The van der Waals surface area contributed by atoms with Crippen molar-refractivity contribution >= 4 is 23.7 Å². The fourth-order valence-electron chi connectivity index (χ4n) is 2.39. The Morgan fingerprint density at radius 1 is 1.25 bits per heavy atom. The number of carboxylic acid groups (broad SMARTS) is 1. The molecule has 1 aliphatic heterocycles. The molecule has 0 aromatic carbocycles. The Labute approximate surface area is 116 Å². The topological polar surface area (TPSA) is 104 Å². The summed E-state index contributed by atoms with van der Waals surface area (Å²) in [5.41, 5.74) is 0. The van der Waals surface area contributed by atoms with Gasteiger partial charge in [0.15, 0.2) is 0 Å². The molecule has 0 spiro atoms. The molecule has 2 fully saturated rings. The zero-order valence-electron chi connectivity index (χ0n) is 11.1. The van der Waals surface area contributed by atoms with Gasteiger partial charge in [-0.05, 0) is 18.8 Å². The first-order chi connectivity index (χ1) is 9.47. The maximum Gasteiger partial charge on any atom is 0.305 e. The third kappa shape index (κ3) is 3.79. The Morgan fingerprint density at radius 3 is 2.35 bits per heavy atom. The third-order valence-electron chi connectivity index (χ3n) is 3.65. The number of imide groups is 1. The number of likely N-dealkylation sites (tertiary alicyclic amines) is 1. The highest BCUT2D eigenvalue weighted by atomic mass is 16.4. The summed E-state index contributed by atoms with van der Waals surface area (Å²) < 4.78 is 0. The predicted octanol–water partition coefficient (Wildman–Crippen LogP) is -0.105. The van der Waals surface area contributed by atoms with Gasteiger partial charge in [0.05, 0.1) is 6.42 Å². The largest absolute Gasteiger partial charge is 0.481 e. The van der Waals surface area contributed by atoms with Crippen molar-refractivity contribution in [1.82, 2.24) is 10.2 Å². The molecule has 0 aromatic heterocycles. The van der Waals surface area contributed by atoms with E-state index in [1.807, 2.05) is 0 Å². The molecule has 1 aliphatic carbocycles. The van der Waals surface area contributed by atoms with Gasteiger partial charge < -0.3 is 10.4 Å². The van der Waals surface area contributed by atoms with Crippen LogP contribution >= 0.6 is 0 Å². The maximum absolute atomic E-state index is 11.8. The fourth-order valence-corrected chi connectivity index (χ4v) is 2.39. The van der Waals surface area contributed by atoms with E-state index in [2.05, 4.69) is 5.32 Å². The quantitative estimate of drug-likeness (QED) is 0.634. The van der Waals surface area contributed by atoms with Gasteiger partial charge >= 0.3 is 5.97 Å². The molecule has 2 aliphatic rings. The van der Waals surface area contributed by atoms with Crippen molar-refractivity contribution in [2.24, 2.45) is 5.92 Å². The van der Waals surface area contributed by atoms with E-state index in [1.54, 1.807) is 0 Å². The van der Waals surface area contributed by atoms with Gasteiger partial charge in [0.2, 0.25) is 17.7 Å². The Morgan fingerprint density at radius 2 is 1.85 bits per heavy atom. The Balaban J connectivity index is 1.77. The van der Waals surface area contributed by atoms with E-state index in [9.17, 15) is 19.2 Å². The number of rotatable bonds is 7. The maximum atomic E-state index is 11.8. The average molecular weight is 282 g/mol. The number of carbonyl (C=O) groups is 4. The normalized spacial score (nSPS) is 20.1. The number of nitrogens with one attached hydrogen (secondary N) is 1. The summed E-state index contributed by atoms with van der Waals surface area (Å²) in [5, 5.41) is 11.5. The molecule has 0 radical (unpaired) electrons. The number of amides is 3. The summed E-state index contributed by atoms with van der Waals surface area (Å²) in [7, 11) is 0. The van der Waals surface area contributed by atoms with Crippen LogP contribution in [-0.2, 0) is 19.2 Å². The van der Waals surface area contributed by atoms with Crippen molar-refractivity contribution in [2.75, 3.05) is 6.54 Å². The van der Waals surface area contributed by atoms with Crippen LogP contribution in [0.5, 0.6) is 0 Å². The summed E-state index contributed by atoms with van der Waals surface area (Å²) in [6.07, 6.45) is 2.23. The van der Waals surface area contributed by atoms with Crippen molar-refractivity contribution in [3.8, 4) is 0 Å². The molecular formula is C13H18N2O5. The smallest absolute Gasteiger partial charge is 0.305 e. The Bertz CT molecular complexity index is 428. The van der Waals surface area contributed by atoms with E-state index in [0.29, 0.717) is 0 Å². The van der Waals surface area contributed by atoms with Gasteiger partial charge in [0.1, 0.15) is 0 Å². The van der Waals surface area contributed by atoms with Gasteiger partial charge in [-0.2, -0.15) is 0 Å². The van der Waals surface area contributed by atoms with Crippen LogP contribution in [0, 0.1) is 5.92 Å². The average Bonchev–Trinajstić information content (AvgIpc) is 3.15. The number of nitrogens with zero attached hydrogens (tertiary/aromatic N) is 1. The number of carbonyl (C=O) groups excluding carboxylic acids is 3. The van der Waals surface area contributed by atoms with Crippen LogP contribution < -0.4 is 5.32 Å². The first kappa shape index (κ1) is 14.5. The van der Waals surface area contributed by atoms with Gasteiger partial charge in [-0.15, -0.1) is 0 Å². The number of aliphatic carboxylic acids is 1. The van der Waals surface area contributed by atoms with Crippen LogP contribution in [0.2, 0.25) is 0 Å². The molecule has 7 nitrogen and oxygen atoms in total. The zero-order valence-corrected chi connectivity index (χ0v) is 11.1. The molecule has 0 aromatic rings. The molecule has 2 N–H and O–H groups in total.